The average molecular weight is 486 g/mol. The van der Waals surface area contributed by atoms with Gasteiger partial charge in [0.1, 0.15) is 11.6 Å². The van der Waals surface area contributed by atoms with Crippen molar-refractivity contribution in [3.63, 3.8) is 0 Å². The summed E-state index contributed by atoms with van der Waals surface area (Å²) in [6.45, 7) is 9.72. The van der Waals surface area contributed by atoms with Crippen molar-refractivity contribution < 1.29 is 14.3 Å². The van der Waals surface area contributed by atoms with Crippen LogP contribution in [0.15, 0.2) is 65.8 Å². The summed E-state index contributed by atoms with van der Waals surface area (Å²) < 4.78 is 5.55. The van der Waals surface area contributed by atoms with Gasteiger partial charge in [-0.3, -0.25) is 0 Å². The first-order valence-electron chi connectivity index (χ1n) is 11.7. The van der Waals surface area contributed by atoms with E-state index in [-0.39, 0.29) is 5.92 Å². The van der Waals surface area contributed by atoms with Crippen LogP contribution in [0.4, 0.5) is 4.79 Å². The molecule has 2 amide bonds. The van der Waals surface area contributed by atoms with Crippen molar-refractivity contribution in [1.82, 2.24) is 10.3 Å². The zero-order valence-electron chi connectivity index (χ0n) is 20.8. The molecular weight excluding hydrogens is 450 g/mol. The minimum atomic E-state index is -0.780. The second kappa shape index (κ2) is 13.1. The molecule has 0 bridgehead atoms. The number of rotatable bonds is 10. The molecular formula is C27H36ClN3O3. The maximum atomic E-state index is 13.4. The van der Waals surface area contributed by atoms with E-state index in [0.29, 0.717) is 31.0 Å². The van der Waals surface area contributed by atoms with Gasteiger partial charge in [0.05, 0.1) is 5.71 Å². The predicted molar refractivity (Wildman–Crippen MR) is 138 cm³/mol. The van der Waals surface area contributed by atoms with E-state index in [1.54, 1.807) is 0 Å². The number of hydrogen-bond donors (Lipinski definition) is 1. The van der Waals surface area contributed by atoms with Crippen LogP contribution >= 0.6 is 11.6 Å². The highest BCUT2D eigenvalue weighted by Gasteiger charge is 2.29. The van der Waals surface area contributed by atoms with Gasteiger partial charge in [-0.25, -0.2) is 14.6 Å². The fourth-order valence-corrected chi connectivity index (χ4v) is 3.40. The minimum Gasteiger partial charge on any atom is -0.458 e. The van der Waals surface area contributed by atoms with Crippen LogP contribution in [0.25, 0.3) is 0 Å². The highest BCUT2D eigenvalue weighted by molar-refractivity contribution is 6.17. The van der Waals surface area contributed by atoms with Crippen LogP contribution in [0, 0.1) is 5.92 Å². The van der Waals surface area contributed by atoms with Gasteiger partial charge in [0.25, 0.3) is 0 Å². The van der Waals surface area contributed by atoms with Gasteiger partial charge >= 0.3 is 12.0 Å². The molecule has 184 valence electrons. The van der Waals surface area contributed by atoms with E-state index >= 15 is 0 Å². The Morgan fingerprint density at radius 3 is 1.97 bits per heavy atom. The van der Waals surface area contributed by atoms with Gasteiger partial charge in [-0.1, -0.05) is 74.5 Å². The largest absolute Gasteiger partial charge is 0.458 e. The summed E-state index contributed by atoms with van der Waals surface area (Å²) in [5.74, 6) is 0.108. The smallest absolute Gasteiger partial charge is 0.338 e. The van der Waals surface area contributed by atoms with Gasteiger partial charge < -0.3 is 10.1 Å². The van der Waals surface area contributed by atoms with Gasteiger partial charge in [-0.05, 0) is 39.5 Å². The Kier molecular flexibility index (Phi) is 10.6. The molecule has 0 fully saturated rings. The van der Waals surface area contributed by atoms with E-state index in [4.69, 9.17) is 21.4 Å². The van der Waals surface area contributed by atoms with Crippen LogP contribution in [-0.4, -0.2) is 46.8 Å². The number of alkyl halides is 1. The zero-order chi connectivity index (χ0) is 25.1. The summed E-state index contributed by atoms with van der Waals surface area (Å²) in [4.78, 5) is 26.2. The Balaban J connectivity index is 2.40. The van der Waals surface area contributed by atoms with Crippen LogP contribution in [0.2, 0.25) is 0 Å². The van der Waals surface area contributed by atoms with Gasteiger partial charge in [-0.15, -0.1) is 11.6 Å². The molecule has 7 heteroatoms. The summed E-state index contributed by atoms with van der Waals surface area (Å²) in [6.07, 6.45) is 1.01. The van der Waals surface area contributed by atoms with Crippen molar-refractivity contribution in [2.45, 2.75) is 59.1 Å². The molecule has 0 aliphatic carbocycles. The third-order valence-electron chi connectivity index (χ3n) is 4.75. The Bertz CT molecular complexity index is 899. The van der Waals surface area contributed by atoms with E-state index in [1.807, 2.05) is 95.3 Å². The standard InChI is InChI=1S/C27H36ClN3O3/c1-20(2)19-23(25(32)34-27(3,4)5)29-26(33)31(18-12-17-28)30-24(21-13-8-6-9-14-21)22-15-10-7-11-16-22/h6-11,13-16,20,23H,12,17-19H2,1-5H3,(H,29,33)/t23-/m0/s1. The molecule has 34 heavy (non-hydrogen) atoms. The van der Waals surface area contributed by atoms with E-state index in [9.17, 15) is 9.59 Å². The van der Waals surface area contributed by atoms with Crippen molar-refractivity contribution >= 4 is 29.3 Å². The van der Waals surface area contributed by atoms with E-state index < -0.39 is 23.6 Å². The molecule has 2 rings (SSSR count). The lowest BCUT2D eigenvalue weighted by Crippen LogP contribution is -2.49. The number of esters is 1. The summed E-state index contributed by atoms with van der Waals surface area (Å²) in [6, 6.07) is 18.1. The summed E-state index contributed by atoms with van der Waals surface area (Å²) >= 11 is 5.94. The van der Waals surface area contributed by atoms with E-state index in [0.717, 1.165) is 11.1 Å². The number of benzene rings is 2. The first-order chi connectivity index (χ1) is 16.1. The molecule has 0 radical (unpaired) electrons. The summed E-state index contributed by atoms with van der Waals surface area (Å²) in [7, 11) is 0. The first-order valence-corrected chi connectivity index (χ1v) is 12.2. The highest BCUT2D eigenvalue weighted by Crippen LogP contribution is 2.15. The van der Waals surface area contributed by atoms with Crippen molar-refractivity contribution in [2.75, 3.05) is 12.4 Å². The Morgan fingerprint density at radius 2 is 1.53 bits per heavy atom. The molecule has 0 heterocycles. The zero-order valence-corrected chi connectivity index (χ0v) is 21.5. The SMILES string of the molecule is CC(C)C[C@H](NC(=O)N(CCCCl)N=C(c1ccccc1)c1ccccc1)C(=O)OC(C)(C)C. The van der Waals surface area contributed by atoms with Crippen molar-refractivity contribution in [3.05, 3.63) is 71.8 Å². The highest BCUT2D eigenvalue weighted by atomic mass is 35.5. The second-order valence-corrected chi connectivity index (χ2v) is 9.89. The number of carbonyl (C=O) groups is 2. The number of nitrogens with one attached hydrogen (secondary N) is 1. The van der Waals surface area contributed by atoms with Crippen LogP contribution < -0.4 is 5.32 Å². The Labute approximate surface area is 208 Å². The lowest BCUT2D eigenvalue weighted by molar-refractivity contribution is -0.157. The maximum Gasteiger partial charge on any atom is 0.338 e. The van der Waals surface area contributed by atoms with Crippen molar-refractivity contribution in [3.8, 4) is 0 Å². The maximum absolute atomic E-state index is 13.4. The van der Waals surface area contributed by atoms with E-state index in [2.05, 4.69) is 5.32 Å². The molecule has 0 aliphatic rings. The summed E-state index contributed by atoms with van der Waals surface area (Å²) in [5.41, 5.74) is 1.76. The Morgan fingerprint density at radius 1 is 1.00 bits per heavy atom. The van der Waals surface area contributed by atoms with Crippen molar-refractivity contribution in [1.29, 1.82) is 0 Å². The number of nitrogens with zero attached hydrogens (tertiary/aromatic N) is 2. The van der Waals surface area contributed by atoms with Crippen molar-refractivity contribution in [2.24, 2.45) is 11.0 Å². The number of hydrogen-bond acceptors (Lipinski definition) is 4. The molecule has 0 saturated heterocycles. The molecule has 1 N–H and O–H groups in total. The normalized spacial score (nSPS) is 12.1. The van der Waals surface area contributed by atoms with Gasteiger partial charge in [0, 0.05) is 23.6 Å². The number of ether oxygens (including phenoxy) is 1. The van der Waals surface area contributed by atoms with Crippen LogP contribution in [-0.2, 0) is 9.53 Å². The molecule has 2 aromatic rings. The second-order valence-electron chi connectivity index (χ2n) is 9.51. The number of urea groups is 1. The molecule has 6 nitrogen and oxygen atoms in total. The topological polar surface area (TPSA) is 71.0 Å². The molecule has 0 saturated carbocycles. The fourth-order valence-electron chi connectivity index (χ4n) is 3.28. The monoisotopic (exact) mass is 485 g/mol. The Hall–Kier alpha value is -2.86. The van der Waals surface area contributed by atoms with E-state index in [1.165, 1.54) is 5.01 Å². The third-order valence-corrected chi connectivity index (χ3v) is 5.02. The molecule has 0 unspecified atom stereocenters. The third kappa shape index (κ3) is 9.18. The lowest BCUT2D eigenvalue weighted by Gasteiger charge is -2.27. The summed E-state index contributed by atoms with van der Waals surface area (Å²) in [5, 5.41) is 8.95. The number of amides is 2. The van der Waals surface area contributed by atoms with Crippen LogP contribution in [0.3, 0.4) is 0 Å². The molecule has 0 spiro atoms. The first kappa shape index (κ1) is 27.4. The lowest BCUT2D eigenvalue weighted by atomic mass is 10.0. The van der Waals surface area contributed by atoms with Gasteiger partial charge in [-0.2, -0.15) is 5.10 Å². The average Bonchev–Trinajstić information content (AvgIpc) is 2.78. The molecule has 2 aromatic carbocycles. The molecule has 1 atom stereocenters. The predicted octanol–water partition coefficient (Wildman–Crippen LogP) is 5.84. The van der Waals surface area contributed by atoms with Gasteiger partial charge in [0.15, 0.2) is 0 Å². The fraction of sp³-hybridized carbons (Fsp3) is 0.444. The molecule has 0 aromatic heterocycles. The van der Waals surface area contributed by atoms with Crippen LogP contribution in [0.5, 0.6) is 0 Å². The van der Waals surface area contributed by atoms with Crippen LogP contribution in [0.1, 0.15) is 58.6 Å². The minimum absolute atomic E-state index is 0.182. The van der Waals surface area contributed by atoms with Gasteiger partial charge in [0.2, 0.25) is 0 Å². The number of halogens is 1. The quantitative estimate of drug-likeness (QED) is 0.199. The number of hydrazone groups is 1. The molecule has 0 aliphatic heterocycles. The number of carbonyl (C=O) groups excluding carboxylic acids is 2.